The smallest absolute Gasteiger partial charge is 0.341 e. The van der Waals surface area contributed by atoms with Crippen LogP contribution in [0.2, 0.25) is 0 Å². The summed E-state index contributed by atoms with van der Waals surface area (Å²) < 4.78 is 14.9. The Morgan fingerprint density at radius 1 is 1.12 bits per heavy atom. The van der Waals surface area contributed by atoms with Crippen molar-refractivity contribution >= 4 is 17.9 Å². The number of hydrogen-bond donors (Lipinski definition) is 2. The molecule has 0 bridgehead atoms. The first kappa shape index (κ1) is 17.1. The number of imide groups is 1. The van der Waals surface area contributed by atoms with Gasteiger partial charge >= 0.3 is 12.0 Å². The number of esters is 1. The van der Waals surface area contributed by atoms with Crippen molar-refractivity contribution in [1.82, 2.24) is 10.6 Å². The van der Waals surface area contributed by atoms with Gasteiger partial charge in [-0.2, -0.15) is 0 Å². The van der Waals surface area contributed by atoms with Gasteiger partial charge in [0.15, 0.2) is 6.61 Å². The predicted molar refractivity (Wildman–Crippen MR) is 82.4 cm³/mol. The minimum atomic E-state index is -0.679. The number of nitrogens with one attached hydrogen (secondary N) is 2. The largest absolute Gasteiger partial charge is 0.483 e. The van der Waals surface area contributed by atoms with E-state index in [4.69, 9.17) is 9.15 Å². The van der Waals surface area contributed by atoms with Crippen molar-refractivity contribution < 1.29 is 28.3 Å². The van der Waals surface area contributed by atoms with Gasteiger partial charge in [-0.05, 0) is 24.3 Å². The number of para-hydroxylation sites is 1. The van der Waals surface area contributed by atoms with Gasteiger partial charge in [0.2, 0.25) is 0 Å². The van der Waals surface area contributed by atoms with Crippen LogP contribution < -0.4 is 15.4 Å². The second kappa shape index (κ2) is 8.37. The number of ether oxygens (including phenoxy) is 2. The minimum absolute atomic E-state index is 0.151. The molecule has 126 valence electrons. The van der Waals surface area contributed by atoms with Gasteiger partial charge < -0.3 is 19.2 Å². The highest BCUT2D eigenvalue weighted by Crippen LogP contribution is 2.18. The lowest BCUT2D eigenvalue weighted by Gasteiger charge is -2.10. The fourth-order valence-electron chi connectivity index (χ4n) is 1.80. The number of methoxy groups -OCH3 is 1. The van der Waals surface area contributed by atoms with Crippen molar-refractivity contribution in [3.63, 3.8) is 0 Å². The molecule has 0 saturated heterocycles. The maximum absolute atomic E-state index is 11.7. The second-order valence-corrected chi connectivity index (χ2v) is 4.59. The number of carbonyl (C=O) groups is 3. The highest BCUT2D eigenvalue weighted by Gasteiger charge is 2.14. The third-order valence-corrected chi connectivity index (χ3v) is 2.91. The summed E-state index contributed by atoms with van der Waals surface area (Å²) in [6, 6.07) is 9.02. The number of rotatable bonds is 6. The average Bonchev–Trinajstić information content (AvgIpc) is 3.11. The number of furan rings is 1. The summed E-state index contributed by atoms with van der Waals surface area (Å²) in [4.78, 5) is 34.8. The van der Waals surface area contributed by atoms with E-state index < -0.39 is 24.5 Å². The Kier molecular flexibility index (Phi) is 5.95. The number of urea groups is 1. The molecule has 8 heteroatoms. The summed E-state index contributed by atoms with van der Waals surface area (Å²) in [5, 5.41) is 4.56. The first-order valence-corrected chi connectivity index (χ1v) is 7.00. The van der Waals surface area contributed by atoms with Crippen molar-refractivity contribution in [2.45, 2.75) is 6.54 Å². The zero-order valence-electron chi connectivity index (χ0n) is 12.9. The number of carbonyl (C=O) groups excluding carboxylic acids is 3. The van der Waals surface area contributed by atoms with Crippen molar-refractivity contribution in [3.8, 4) is 5.75 Å². The maximum Gasteiger partial charge on any atom is 0.341 e. The molecule has 0 aliphatic heterocycles. The molecule has 2 N–H and O–H groups in total. The summed E-state index contributed by atoms with van der Waals surface area (Å²) in [6.07, 6.45) is 1.48. The van der Waals surface area contributed by atoms with Gasteiger partial charge in [0.05, 0.1) is 19.9 Å². The topological polar surface area (TPSA) is 107 Å². The van der Waals surface area contributed by atoms with Gasteiger partial charge in [0.1, 0.15) is 17.1 Å². The monoisotopic (exact) mass is 332 g/mol. The predicted octanol–water partition coefficient (Wildman–Crippen LogP) is 1.47. The van der Waals surface area contributed by atoms with Crippen molar-refractivity contribution in [1.29, 1.82) is 0 Å². The highest BCUT2D eigenvalue weighted by atomic mass is 16.5. The van der Waals surface area contributed by atoms with E-state index in [2.05, 4.69) is 15.4 Å². The molecule has 8 nitrogen and oxygen atoms in total. The molecule has 0 saturated carbocycles. The van der Waals surface area contributed by atoms with Gasteiger partial charge in [0.25, 0.3) is 5.91 Å². The van der Waals surface area contributed by atoms with E-state index in [1.54, 1.807) is 24.3 Å². The normalized spacial score (nSPS) is 9.88. The first-order chi connectivity index (χ1) is 11.6. The molecule has 0 aliphatic carbocycles. The fourth-order valence-corrected chi connectivity index (χ4v) is 1.80. The lowest BCUT2D eigenvalue weighted by Crippen LogP contribution is -2.41. The number of benzene rings is 1. The van der Waals surface area contributed by atoms with Crippen LogP contribution in [-0.4, -0.2) is 31.6 Å². The third-order valence-electron chi connectivity index (χ3n) is 2.91. The SMILES string of the molecule is COC(=O)c1ccccc1OCC(=O)NC(=O)NCc1ccco1. The van der Waals surface area contributed by atoms with Crippen LogP contribution >= 0.6 is 0 Å². The van der Waals surface area contributed by atoms with E-state index in [1.165, 1.54) is 25.5 Å². The van der Waals surface area contributed by atoms with Crippen LogP contribution in [0.1, 0.15) is 16.1 Å². The van der Waals surface area contributed by atoms with Crippen molar-refractivity contribution in [2.24, 2.45) is 0 Å². The Morgan fingerprint density at radius 2 is 1.92 bits per heavy atom. The van der Waals surface area contributed by atoms with Gasteiger partial charge in [-0.3, -0.25) is 10.1 Å². The summed E-state index contributed by atoms with van der Waals surface area (Å²) in [7, 11) is 1.25. The highest BCUT2D eigenvalue weighted by molar-refractivity contribution is 5.95. The van der Waals surface area contributed by atoms with Crippen molar-refractivity contribution in [3.05, 3.63) is 54.0 Å². The number of amides is 3. The van der Waals surface area contributed by atoms with Crippen LogP contribution in [0.15, 0.2) is 47.1 Å². The van der Waals surface area contributed by atoms with Crippen LogP contribution in [-0.2, 0) is 16.1 Å². The number of hydrogen-bond acceptors (Lipinski definition) is 6. The van der Waals surface area contributed by atoms with Crippen LogP contribution in [0, 0.1) is 0 Å². The van der Waals surface area contributed by atoms with E-state index in [0.29, 0.717) is 5.76 Å². The molecule has 2 rings (SSSR count). The quantitative estimate of drug-likeness (QED) is 0.776. The Morgan fingerprint density at radius 3 is 2.62 bits per heavy atom. The van der Waals surface area contributed by atoms with Gasteiger partial charge in [-0.15, -0.1) is 0 Å². The van der Waals surface area contributed by atoms with Gasteiger partial charge in [0, 0.05) is 0 Å². The zero-order valence-corrected chi connectivity index (χ0v) is 12.9. The van der Waals surface area contributed by atoms with E-state index in [0.717, 1.165) is 0 Å². The molecule has 0 unspecified atom stereocenters. The van der Waals surface area contributed by atoms with E-state index in [-0.39, 0.29) is 17.9 Å². The Bertz CT molecular complexity index is 711. The molecule has 0 atom stereocenters. The molecule has 3 amide bonds. The molecular formula is C16H16N2O6. The van der Waals surface area contributed by atoms with E-state index >= 15 is 0 Å². The average molecular weight is 332 g/mol. The fraction of sp³-hybridized carbons (Fsp3) is 0.188. The first-order valence-electron chi connectivity index (χ1n) is 7.00. The summed E-state index contributed by atoms with van der Waals surface area (Å²) in [5.41, 5.74) is 0.190. The molecule has 0 radical (unpaired) electrons. The van der Waals surface area contributed by atoms with E-state index in [9.17, 15) is 14.4 Å². The summed E-state index contributed by atoms with van der Waals surface area (Å²) in [6.45, 7) is -0.277. The van der Waals surface area contributed by atoms with Crippen LogP contribution in [0.25, 0.3) is 0 Å². The molecule has 24 heavy (non-hydrogen) atoms. The summed E-state index contributed by atoms with van der Waals surface area (Å²) in [5.74, 6) is -0.495. The molecule has 0 aliphatic rings. The molecule has 0 spiro atoms. The molecule has 2 aromatic rings. The second-order valence-electron chi connectivity index (χ2n) is 4.59. The molecule has 1 heterocycles. The van der Waals surface area contributed by atoms with E-state index in [1.807, 2.05) is 0 Å². The third kappa shape index (κ3) is 4.87. The van der Waals surface area contributed by atoms with Crippen LogP contribution in [0.5, 0.6) is 5.75 Å². The minimum Gasteiger partial charge on any atom is -0.483 e. The zero-order chi connectivity index (χ0) is 17.4. The Hall–Kier alpha value is -3.29. The Balaban J connectivity index is 1.81. The van der Waals surface area contributed by atoms with Crippen LogP contribution in [0.4, 0.5) is 4.79 Å². The molecular weight excluding hydrogens is 316 g/mol. The summed E-state index contributed by atoms with van der Waals surface area (Å²) >= 11 is 0. The lowest BCUT2D eigenvalue weighted by molar-refractivity contribution is -0.122. The van der Waals surface area contributed by atoms with Gasteiger partial charge in [-0.25, -0.2) is 9.59 Å². The lowest BCUT2D eigenvalue weighted by atomic mass is 10.2. The van der Waals surface area contributed by atoms with Crippen LogP contribution in [0.3, 0.4) is 0 Å². The standard InChI is InChI=1S/C16H16N2O6/c1-22-15(20)12-6-2-3-7-13(12)24-10-14(19)18-16(21)17-9-11-5-4-8-23-11/h2-8H,9-10H2,1H3,(H2,17,18,19,21). The maximum atomic E-state index is 11.7. The molecule has 1 aromatic carbocycles. The van der Waals surface area contributed by atoms with Gasteiger partial charge in [-0.1, -0.05) is 12.1 Å². The Labute approximate surface area is 137 Å². The molecule has 1 aromatic heterocycles. The van der Waals surface area contributed by atoms with Crippen molar-refractivity contribution in [2.75, 3.05) is 13.7 Å². The molecule has 0 fully saturated rings.